The highest BCUT2D eigenvalue weighted by Crippen LogP contribution is 2.13. The van der Waals surface area contributed by atoms with E-state index in [-0.39, 0.29) is 18.8 Å². The minimum Gasteiger partial charge on any atom is -0.444 e. The molecule has 21 heavy (non-hydrogen) atoms. The van der Waals surface area contributed by atoms with Crippen molar-refractivity contribution in [2.45, 2.75) is 18.9 Å². The van der Waals surface area contributed by atoms with Crippen LogP contribution in [0, 0.1) is 0 Å². The third-order valence-corrected chi connectivity index (χ3v) is 3.14. The first-order valence-electron chi connectivity index (χ1n) is 6.35. The monoisotopic (exact) mass is 362 g/mol. The van der Waals surface area contributed by atoms with Gasteiger partial charge in [-0.15, -0.1) is 0 Å². The second-order valence-corrected chi connectivity index (χ2v) is 5.58. The Labute approximate surface area is 131 Å². The van der Waals surface area contributed by atoms with E-state index in [1.807, 2.05) is 0 Å². The van der Waals surface area contributed by atoms with Crippen LogP contribution in [0.2, 0.25) is 0 Å². The van der Waals surface area contributed by atoms with Gasteiger partial charge in [-0.1, -0.05) is 0 Å². The number of methoxy groups -OCH3 is 1. The molecule has 3 N–H and O–H groups in total. The summed E-state index contributed by atoms with van der Waals surface area (Å²) in [6.45, 7) is 1.88. The Morgan fingerprint density at radius 1 is 1.43 bits per heavy atom. The van der Waals surface area contributed by atoms with Gasteiger partial charge in [0.05, 0.1) is 12.1 Å². The van der Waals surface area contributed by atoms with Gasteiger partial charge >= 0.3 is 0 Å². The molecule has 0 aliphatic rings. The number of rotatable bonds is 8. The standard InChI is InChI=1S/C13H19BrN2O5/c1-13(19,5-6-20-2)8-16-11(17)7-15-12(18)9-3-4-10(14)21-9/h3-4,19H,5-8H2,1-2H3,(H,15,18)(H,16,17). The lowest BCUT2D eigenvalue weighted by molar-refractivity contribution is -0.121. The minimum atomic E-state index is -1.05. The molecule has 0 bridgehead atoms. The number of aliphatic hydroxyl groups is 1. The zero-order valence-corrected chi connectivity index (χ0v) is 13.5. The average molecular weight is 363 g/mol. The second kappa shape index (κ2) is 8.16. The summed E-state index contributed by atoms with van der Waals surface area (Å²) in [4.78, 5) is 23.2. The van der Waals surface area contributed by atoms with E-state index >= 15 is 0 Å². The molecule has 0 saturated heterocycles. The van der Waals surface area contributed by atoms with Gasteiger partial charge in [0.15, 0.2) is 10.4 Å². The lowest BCUT2D eigenvalue weighted by atomic mass is 10.0. The summed E-state index contributed by atoms with van der Waals surface area (Å²) in [6.07, 6.45) is 0.399. The number of halogens is 1. The van der Waals surface area contributed by atoms with E-state index in [4.69, 9.17) is 9.15 Å². The lowest BCUT2D eigenvalue weighted by Crippen LogP contribution is -2.45. The highest BCUT2D eigenvalue weighted by atomic mass is 79.9. The zero-order valence-electron chi connectivity index (χ0n) is 11.9. The molecule has 7 nitrogen and oxygen atoms in total. The summed E-state index contributed by atoms with van der Waals surface area (Å²) in [5, 5.41) is 14.9. The van der Waals surface area contributed by atoms with E-state index in [1.165, 1.54) is 13.2 Å². The molecule has 118 valence electrons. The summed E-state index contributed by atoms with van der Waals surface area (Å²) in [6, 6.07) is 3.08. The molecule has 2 amide bonds. The van der Waals surface area contributed by atoms with E-state index in [0.717, 1.165) is 0 Å². The average Bonchev–Trinajstić information content (AvgIpc) is 2.87. The highest BCUT2D eigenvalue weighted by molar-refractivity contribution is 9.10. The minimum absolute atomic E-state index is 0.0807. The molecule has 1 heterocycles. The number of carbonyl (C=O) groups excluding carboxylic acids is 2. The van der Waals surface area contributed by atoms with E-state index < -0.39 is 17.4 Å². The van der Waals surface area contributed by atoms with Crippen LogP contribution in [0.25, 0.3) is 0 Å². The van der Waals surface area contributed by atoms with Gasteiger partial charge in [-0.2, -0.15) is 0 Å². The van der Waals surface area contributed by atoms with Crippen molar-refractivity contribution in [3.63, 3.8) is 0 Å². The predicted octanol–water partition coefficient (Wildman–Crippen LogP) is 0.676. The van der Waals surface area contributed by atoms with E-state index in [0.29, 0.717) is 17.7 Å². The molecule has 0 saturated carbocycles. The van der Waals surface area contributed by atoms with Gasteiger partial charge in [0, 0.05) is 26.7 Å². The van der Waals surface area contributed by atoms with Crippen LogP contribution in [0.15, 0.2) is 21.2 Å². The molecule has 1 atom stereocenters. The van der Waals surface area contributed by atoms with Crippen molar-refractivity contribution < 1.29 is 23.8 Å². The third kappa shape index (κ3) is 6.74. The molecule has 1 aromatic rings. The van der Waals surface area contributed by atoms with Crippen LogP contribution >= 0.6 is 15.9 Å². The molecule has 0 aromatic carbocycles. The first-order chi connectivity index (χ1) is 9.84. The molecule has 8 heteroatoms. The number of ether oxygens (including phenoxy) is 1. The molecule has 1 aromatic heterocycles. The van der Waals surface area contributed by atoms with Crippen molar-refractivity contribution in [1.29, 1.82) is 0 Å². The quantitative estimate of drug-likeness (QED) is 0.631. The van der Waals surface area contributed by atoms with Gasteiger partial charge in [0.1, 0.15) is 0 Å². The van der Waals surface area contributed by atoms with Gasteiger partial charge in [-0.05, 0) is 35.0 Å². The van der Waals surface area contributed by atoms with Crippen LogP contribution in [0.3, 0.4) is 0 Å². The summed E-state index contributed by atoms with van der Waals surface area (Å²) in [7, 11) is 1.54. The summed E-state index contributed by atoms with van der Waals surface area (Å²) in [5.41, 5.74) is -1.05. The number of hydrogen-bond acceptors (Lipinski definition) is 5. The molecular formula is C13H19BrN2O5. The molecule has 0 radical (unpaired) electrons. The number of nitrogens with one attached hydrogen (secondary N) is 2. The second-order valence-electron chi connectivity index (χ2n) is 4.80. The first kappa shape index (κ1) is 17.7. The largest absolute Gasteiger partial charge is 0.444 e. The molecule has 1 rings (SSSR count). The van der Waals surface area contributed by atoms with Crippen molar-refractivity contribution in [3.8, 4) is 0 Å². The Bertz CT molecular complexity index is 487. The summed E-state index contributed by atoms with van der Waals surface area (Å²) < 4.78 is 10.4. The topological polar surface area (TPSA) is 101 Å². The number of carbonyl (C=O) groups is 2. The first-order valence-corrected chi connectivity index (χ1v) is 7.15. The summed E-state index contributed by atoms with van der Waals surface area (Å²) in [5.74, 6) is -0.768. The van der Waals surface area contributed by atoms with Crippen LogP contribution in [0.5, 0.6) is 0 Å². The van der Waals surface area contributed by atoms with Crippen molar-refractivity contribution in [2.75, 3.05) is 26.8 Å². The maximum atomic E-state index is 11.6. The fourth-order valence-electron chi connectivity index (χ4n) is 1.45. The van der Waals surface area contributed by atoms with E-state index in [2.05, 4.69) is 26.6 Å². The Balaban J connectivity index is 2.29. The van der Waals surface area contributed by atoms with Gasteiger partial charge in [0.2, 0.25) is 5.91 Å². The number of amides is 2. The number of furan rings is 1. The van der Waals surface area contributed by atoms with Crippen molar-refractivity contribution in [3.05, 3.63) is 22.6 Å². The fraction of sp³-hybridized carbons (Fsp3) is 0.538. The molecule has 0 spiro atoms. The van der Waals surface area contributed by atoms with Crippen molar-refractivity contribution in [1.82, 2.24) is 10.6 Å². The van der Waals surface area contributed by atoms with E-state index in [9.17, 15) is 14.7 Å². The predicted molar refractivity (Wildman–Crippen MR) is 78.9 cm³/mol. The Hall–Kier alpha value is -1.38. The Morgan fingerprint density at radius 3 is 2.71 bits per heavy atom. The fourth-order valence-corrected chi connectivity index (χ4v) is 1.75. The van der Waals surface area contributed by atoms with Gasteiger partial charge in [-0.25, -0.2) is 0 Å². The van der Waals surface area contributed by atoms with Gasteiger partial charge in [0.25, 0.3) is 5.91 Å². The van der Waals surface area contributed by atoms with Crippen LogP contribution in [0.1, 0.15) is 23.9 Å². The van der Waals surface area contributed by atoms with E-state index in [1.54, 1.807) is 13.0 Å². The van der Waals surface area contributed by atoms with Crippen molar-refractivity contribution in [2.24, 2.45) is 0 Å². The SMILES string of the molecule is COCCC(C)(O)CNC(=O)CNC(=O)c1ccc(Br)o1. The zero-order chi connectivity index (χ0) is 15.9. The van der Waals surface area contributed by atoms with Crippen LogP contribution in [-0.4, -0.2) is 49.3 Å². The number of hydrogen-bond donors (Lipinski definition) is 3. The van der Waals surface area contributed by atoms with Gasteiger partial charge < -0.3 is 24.9 Å². The Morgan fingerprint density at radius 2 is 2.14 bits per heavy atom. The third-order valence-electron chi connectivity index (χ3n) is 2.72. The molecule has 0 aliphatic heterocycles. The summed E-state index contributed by atoms with van der Waals surface area (Å²) >= 11 is 3.08. The molecule has 1 unspecified atom stereocenters. The lowest BCUT2D eigenvalue weighted by Gasteiger charge is -2.23. The maximum absolute atomic E-state index is 11.6. The van der Waals surface area contributed by atoms with Crippen LogP contribution < -0.4 is 10.6 Å². The van der Waals surface area contributed by atoms with Gasteiger partial charge in [-0.3, -0.25) is 9.59 Å². The highest BCUT2D eigenvalue weighted by Gasteiger charge is 2.21. The van der Waals surface area contributed by atoms with Crippen LogP contribution in [-0.2, 0) is 9.53 Å². The smallest absolute Gasteiger partial charge is 0.287 e. The molecular weight excluding hydrogens is 344 g/mol. The molecule has 0 aliphatic carbocycles. The van der Waals surface area contributed by atoms with Crippen molar-refractivity contribution >= 4 is 27.7 Å². The van der Waals surface area contributed by atoms with Crippen LogP contribution in [0.4, 0.5) is 0 Å². The maximum Gasteiger partial charge on any atom is 0.287 e. The molecule has 0 fully saturated rings. The Kier molecular flexibility index (Phi) is 6.86. The normalized spacial score (nSPS) is 13.5.